The summed E-state index contributed by atoms with van der Waals surface area (Å²) in [6.07, 6.45) is 0.655. The number of rotatable bonds is 2. The van der Waals surface area contributed by atoms with E-state index in [4.69, 9.17) is 17.3 Å². The fourth-order valence-corrected chi connectivity index (χ4v) is 1.63. The fourth-order valence-electron chi connectivity index (χ4n) is 1.16. The van der Waals surface area contributed by atoms with Crippen LogP contribution in [0.5, 0.6) is 0 Å². The van der Waals surface area contributed by atoms with Crippen molar-refractivity contribution in [1.29, 1.82) is 0 Å². The SMILES string of the molecule is CCC(C)(N)c1ccc(Br)c(Cl)c1F. The summed E-state index contributed by atoms with van der Waals surface area (Å²) in [5.41, 5.74) is 5.72. The van der Waals surface area contributed by atoms with Crippen molar-refractivity contribution >= 4 is 27.5 Å². The summed E-state index contributed by atoms with van der Waals surface area (Å²) in [5, 5.41) is 0.0904. The Kier molecular flexibility index (Phi) is 3.56. The Morgan fingerprint density at radius 1 is 1.57 bits per heavy atom. The molecule has 1 atom stereocenters. The van der Waals surface area contributed by atoms with Crippen LogP contribution in [0, 0.1) is 5.82 Å². The average Bonchev–Trinajstić information content (AvgIpc) is 2.14. The van der Waals surface area contributed by atoms with Crippen molar-refractivity contribution in [3.8, 4) is 0 Å². The molecule has 0 amide bonds. The van der Waals surface area contributed by atoms with Crippen LogP contribution in [0.3, 0.4) is 0 Å². The highest BCUT2D eigenvalue weighted by Crippen LogP contribution is 2.32. The van der Waals surface area contributed by atoms with Crippen LogP contribution in [0.25, 0.3) is 0 Å². The zero-order valence-corrected chi connectivity index (χ0v) is 10.4. The lowest BCUT2D eigenvalue weighted by molar-refractivity contribution is 0.445. The minimum Gasteiger partial charge on any atom is -0.322 e. The van der Waals surface area contributed by atoms with Crippen molar-refractivity contribution in [2.24, 2.45) is 5.73 Å². The molecule has 1 aromatic rings. The molecule has 14 heavy (non-hydrogen) atoms. The van der Waals surface area contributed by atoms with Gasteiger partial charge in [0.25, 0.3) is 0 Å². The maximum Gasteiger partial charge on any atom is 0.147 e. The van der Waals surface area contributed by atoms with Crippen LogP contribution in [-0.2, 0) is 5.54 Å². The van der Waals surface area contributed by atoms with Gasteiger partial charge in [0.2, 0.25) is 0 Å². The Labute approximate surface area is 96.6 Å². The molecule has 0 radical (unpaired) electrons. The molecule has 1 aromatic carbocycles. The Bertz CT molecular complexity index is 352. The predicted molar refractivity (Wildman–Crippen MR) is 60.9 cm³/mol. The molecule has 2 N–H and O–H groups in total. The molecule has 1 unspecified atom stereocenters. The molecule has 0 fully saturated rings. The molecule has 78 valence electrons. The molecular formula is C10H12BrClFN. The smallest absolute Gasteiger partial charge is 0.147 e. The van der Waals surface area contributed by atoms with Crippen LogP contribution in [-0.4, -0.2) is 0 Å². The van der Waals surface area contributed by atoms with E-state index in [0.717, 1.165) is 0 Å². The van der Waals surface area contributed by atoms with Crippen molar-refractivity contribution in [1.82, 2.24) is 0 Å². The van der Waals surface area contributed by atoms with E-state index >= 15 is 0 Å². The first-order chi connectivity index (χ1) is 6.40. The quantitative estimate of drug-likeness (QED) is 0.819. The highest BCUT2D eigenvalue weighted by atomic mass is 79.9. The van der Waals surface area contributed by atoms with E-state index in [2.05, 4.69) is 15.9 Å². The van der Waals surface area contributed by atoms with E-state index in [1.54, 1.807) is 19.1 Å². The van der Waals surface area contributed by atoms with Gasteiger partial charge in [0.1, 0.15) is 5.82 Å². The van der Waals surface area contributed by atoms with Crippen molar-refractivity contribution in [2.45, 2.75) is 25.8 Å². The number of hydrogen-bond donors (Lipinski definition) is 1. The first-order valence-corrected chi connectivity index (χ1v) is 5.50. The van der Waals surface area contributed by atoms with Crippen molar-refractivity contribution in [3.63, 3.8) is 0 Å². The summed E-state index contributed by atoms with van der Waals surface area (Å²) in [7, 11) is 0. The van der Waals surface area contributed by atoms with Gasteiger partial charge in [-0.05, 0) is 35.3 Å². The highest BCUT2D eigenvalue weighted by Gasteiger charge is 2.24. The van der Waals surface area contributed by atoms with Gasteiger partial charge in [-0.15, -0.1) is 0 Å². The monoisotopic (exact) mass is 279 g/mol. The van der Waals surface area contributed by atoms with Gasteiger partial charge in [0.05, 0.1) is 5.02 Å². The molecule has 0 bridgehead atoms. The van der Waals surface area contributed by atoms with Gasteiger partial charge in [-0.1, -0.05) is 24.6 Å². The largest absolute Gasteiger partial charge is 0.322 e. The summed E-state index contributed by atoms with van der Waals surface area (Å²) in [6, 6.07) is 3.37. The lowest BCUT2D eigenvalue weighted by Crippen LogP contribution is -2.33. The Balaban J connectivity index is 3.31. The molecule has 4 heteroatoms. The molecule has 0 spiro atoms. The van der Waals surface area contributed by atoms with Gasteiger partial charge in [0, 0.05) is 15.6 Å². The lowest BCUT2D eigenvalue weighted by atomic mass is 9.90. The molecule has 0 aliphatic rings. The van der Waals surface area contributed by atoms with E-state index in [1.807, 2.05) is 6.92 Å². The Morgan fingerprint density at radius 2 is 2.14 bits per heavy atom. The van der Waals surface area contributed by atoms with Crippen molar-refractivity contribution in [3.05, 3.63) is 33.0 Å². The standard InChI is InChI=1S/C10H12BrClFN/c1-3-10(2,14)6-4-5-7(11)8(12)9(6)13/h4-5H,3,14H2,1-2H3. The highest BCUT2D eigenvalue weighted by molar-refractivity contribution is 9.10. The van der Waals surface area contributed by atoms with Gasteiger partial charge >= 0.3 is 0 Å². The van der Waals surface area contributed by atoms with Gasteiger partial charge < -0.3 is 5.73 Å². The van der Waals surface area contributed by atoms with Crippen molar-refractivity contribution in [2.75, 3.05) is 0 Å². The van der Waals surface area contributed by atoms with Crippen molar-refractivity contribution < 1.29 is 4.39 Å². The molecule has 0 aliphatic heterocycles. The Hall–Kier alpha value is -0.120. The molecular weight excluding hydrogens is 268 g/mol. The first kappa shape index (κ1) is 12.0. The van der Waals surface area contributed by atoms with Crippen LogP contribution in [0.4, 0.5) is 4.39 Å². The number of halogens is 3. The summed E-state index contributed by atoms with van der Waals surface area (Å²) in [5.74, 6) is -0.437. The minimum absolute atomic E-state index is 0.0904. The lowest BCUT2D eigenvalue weighted by Gasteiger charge is -2.24. The summed E-state index contributed by atoms with van der Waals surface area (Å²) < 4.78 is 14.3. The van der Waals surface area contributed by atoms with Gasteiger partial charge in [-0.3, -0.25) is 0 Å². The van der Waals surface area contributed by atoms with Crippen LogP contribution in [0.2, 0.25) is 5.02 Å². The fraction of sp³-hybridized carbons (Fsp3) is 0.400. The first-order valence-electron chi connectivity index (χ1n) is 4.33. The van der Waals surface area contributed by atoms with E-state index < -0.39 is 11.4 Å². The van der Waals surface area contributed by atoms with E-state index in [9.17, 15) is 4.39 Å². The van der Waals surface area contributed by atoms with Crippen LogP contribution in [0.15, 0.2) is 16.6 Å². The second-order valence-corrected chi connectivity index (χ2v) is 4.73. The second kappa shape index (κ2) is 4.17. The molecule has 0 heterocycles. The topological polar surface area (TPSA) is 26.0 Å². The van der Waals surface area contributed by atoms with E-state index in [-0.39, 0.29) is 5.02 Å². The Morgan fingerprint density at radius 3 is 2.64 bits per heavy atom. The molecule has 1 nitrogen and oxygen atoms in total. The number of benzene rings is 1. The normalized spacial score (nSPS) is 15.3. The summed E-state index contributed by atoms with van der Waals surface area (Å²) in [6.45, 7) is 3.70. The summed E-state index contributed by atoms with van der Waals surface area (Å²) >= 11 is 8.92. The number of hydrogen-bond acceptors (Lipinski definition) is 1. The van der Waals surface area contributed by atoms with Crippen LogP contribution < -0.4 is 5.73 Å². The number of nitrogens with two attached hydrogens (primary N) is 1. The third kappa shape index (κ3) is 2.10. The predicted octanol–water partition coefficient (Wildman–Crippen LogP) is 3.83. The molecule has 1 rings (SSSR count). The zero-order valence-electron chi connectivity index (χ0n) is 8.07. The molecule has 0 aromatic heterocycles. The van der Waals surface area contributed by atoms with Gasteiger partial charge in [-0.2, -0.15) is 0 Å². The second-order valence-electron chi connectivity index (χ2n) is 3.49. The average molecular weight is 281 g/mol. The maximum atomic E-state index is 13.7. The van der Waals surface area contributed by atoms with Crippen LogP contribution in [0.1, 0.15) is 25.8 Å². The zero-order chi connectivity index (χ0) is 10.9. The van der Waals surface area contributed by atoms with E-state index in [1.165, 1.54) is 0 Å². The van der Waals surface area contributed by atoms with Gasteiger partial charge in [-0.25, -0.2) is 4.39 Å². The maximum absolute atomic E-state index is 13.7. The van der Waals surface area contributed by atoms with Crippen LogP contribution >= 0.6 is 27.5 Å². The molecule has 0 saturated carbocycles. The molecule has 0 aliphatic carbocycles. The minimum atomic E-state index is -0.672. The summed E-state index contributed by atoms with van der Waals surface area (Å²) in [4.78, 5) is 0. The third-order valence-corrected chi connectivity index (χ3v) is 3.64. The molecule has 0 saturated heterocycles. The van der Waals surface area contributed by atoms with E-state index in [0.29, 0.717) is 16.5 Å². The van der Waals surface area contributed by atoms with Gasteiger partial charge in [0.15, 0.2) is 0 Å². The third-order valence-electron chi connectivity index (χ3n) is 2.38.